The van der Waals surface area contributed by atoms with Gasteiger partial charge in [0, 0.05) is 6.61 Å². The van der Waals surface area contributed by atoms with Crippen LogP contribution in [0.25, 0.3) is 0 Å². The van der Waals surface area contributed by atoms with Gasteiger partial charge in [0.05, 0.1) is 6.10 Å². The molecule has 23 heavy (non-hydrogen) atoms. The highest BCUT2D eigenvalue weighted by Gasteiger charge is 2.31. The SMILES string of the molecule is CC(C)CCOC(CC(C)C)C(C)(C)CCN(C)CCC(C)C. The molecule has 0 aliphatic rings. The van der Waals surface area contributed by atoms with Crippen LogP contribution in [0.1, 0.15) is 81.1 Å². The quantitative estimate of drug-likeness (QED) is 0.420. The summed E-state index contributed by atoms with van der Waals surface area (Å²) in [4.78, 5) is 2.49. The molecule has 0 fully saturated rings. The molecule has 0 rings (SSSR count). The standard InChI is InChI=1S/C21H45NO/c1-17(2)10-13-22(9)14-12-21(7,8)20(16-19(5)6)23-15-11-18(3)4/h17-20H,10-16H2,1-9H3. The van der Waals surface area contributed by atoms with E-state index in [1.165, 1.54) is 38.8 Å². The number of ether oxygens (including phenoxy) is 1. The van der Waals surface area contributed by atoms with Crippen molar-refractivity contribution in [1.29, 1.82) is 0 Å². The average Bonchev–Trinajstić information content (AvgIpc) is 2.41. The lowest BCUT2D eigenvalue weighted by molar-refractivity contribution is -0.0466. The first-order valence-corrected chi connectivity index (χ1v) is 9.84. The summed E-state index contributed by atoms with van der Waals surface area (Å²) < 4.78 is 6.34. The van der Waals surface area contributed by atoms with Crippen molar-refractivity contribution in [2.75, 3.05) is 26.7 Å². The van der Waals surface area contributed by atoms with E-state index in [2.05, 4.69) is 67.3 Å². The largest absolute Gasteiger partial charge is 0.378 e. The van der Waals surface area contributed by atoms with Gasteiger partial charge in [0.25, 0.3) is 0 Å². The molecule has 0 aromatic rings. The fourth-order valence-corrected chi connectivity index (χ4v) is 2.72. The maximum Gasteiger partial charge on any atom is 0.0628 e. The highest BCUT2D eigenvalue weighted by molar-refractivity contribution is 4.81. The second-order valence-electron chi connectivity index (χ2n) is 9.40. The molecule has 0 heterocycles. The van der Waals surface area contributed by atoms with Crippen molar-refractivity contribution in [1.82, 2.24) is 4.90 Å². The van der Waals surface area contributed by atoms with E-state index in [9.17, 15) is 0 Å². The predicted molar refractivity (Wildman–Crippen MR) is 104 cm³/mol. The third-order valence-electron chi connectivity index (χ3n) is 4.80. The van der Waals surface area contributed by atoms with Crippen LogP contribution in [0, 0.1) is 23.2 Å². The molecule has 1 unspecified atom stereocenters. The Morgan fingerprint density at radius 1 is 0.826 bits per heavy atom. The van der Waals surface area contributed by atoms with Crippen LogP contribution in [0.5, 0.6) is 0 Å². The van der Waals surface area contributed by atoms with E-state index in [4.69, 9.17) is 4.74 Å². The monoisotopic (exact) mass is 327 g/mol. The molecule has 1 atom stereocenters. The zero-order chi connectivity index (χ0) is 18.0. The van der Waals surface area contributed by atoms with Gasteiger partial charge in [0.15, 0.2) is 0 Å². The molecular formula is C21H45NO. The van der Waals surface area contributed by atoms with Crippen molar-refractivity contribution >= 4 is 0 Å². The minimum Gasteiger partial charge on any atom is -0.378 e. The Balaban J connectivity index is 4.45. The third-order valence-corrected chi connectivity index (χ3v) is 4.80. The van der Waals surface area contributed by atoms with Crippen LogP contribution in [0.2, 0.25) is 0 Å². The van der Waals surface area contributed by atoms with Gasteiger partial charge in [-0.05, 0) is 69.0 Å². The van der Waals surface area contributed by atoms with Crippen LogP contribution in [0.4, 0.5) is 0 Å². The summed E-state index contributed by atoms with van der Waals surface area (Å²) in [5.74, 6) is 2.20. The molecular weight excluding hydrogens is 282 g/mol. The van der Waals surface area contributed by atoms with E-state index >= 15 is 0 Å². The lowest BCUT2D eigenvalue weighted by Crippen LogP contribution is -2.37. The number of nitrogens with zero attached hydrogens (tertiary/aromatic N) is 1. The van der Waals surface area contributed by atoms with Gasteiger partial charge in [-0.25, -0.2) is 0 Å². The normalized spacial score (nSPS) is 14.5. The van der Waals surface area contributed by atoms with E-state index in [-0.39, 0.29) is 5.41 Å². The topological polar surface area (TPSA) is 12.5 Å². The summed E-state index contributed by atoms with van der Waals surface area (Å²) in [6.45, 7) is 21.8. The Morgan fingerprint density at radius 2 is 1.39 bits per heavy atom. The minimum atomic E-state index is 0.243. The van der Waals surface area contributed by atoms with Crippen LogP contribution in [0.3, 0.4) is 0 Å². The fourth-order valence-electron chi connectivity index (χ4n) is 2.72. The molecule has 2 nitrogen and oxygen atoms in total. The summed E-state index contributed by atoms with van der Waals surface area (Å²) in [7, 11) is 2.26. The summed E-state index contributed by atoms with van der Waals surface area (Å²) >= 11 is 0. The van der Waals surface area contributed by atoms with Crippen molar-refractivity contribution in [3.05, 3.63) is 0 Å². The van der Waals surface area contributed by atoms with Crippen molar-refractivity contribution in [3.8, 4) is 0 Å². The van der Waals surface area contributed by atoms with Gasteiger partial charge in [-0.3, -0.25) is 0 Å². The van der Waals surface area contributed by atoms with Gasteiger partial charge in [-0.2, -0.15) is 0 Å². The van der Waals surface area contributed by atoms with Crippen molar-refractivity contribution in [3.63, 3.8) is 0 Å². The predicted octanol–water partition coefficient (Wildman–Crippen LogP) is 5.86. The lowest BCUT2D eigenvalue weighted by Gasteiger charge is -2.37. The molecule has 0 N–H and O–H groups in total. The highest BCUT2D eigenvalue weighted by Crippen LogP contribution is 2.32. The maximum absolute atomic E-state index is 6.34. The van der Waals surface area contributed by atoms with Crippen LogP contribution in [-0.4, -0.2) is 37.7 Å². The van der Waals surface area contributed by atoms with Gasteiger partial charge in [-0.15, -0.1) is 0 Å². The zero-order valence-electron chi connectivity index (χ0n) is 17.6. The first kappa shape index (κ1) is 22.9. The van der Waals surface area contributed by atoms with Crippen molar-refractivity contribution < 1.29 is 4.74 Å². The van der Waals surface area contributed by atoms with Crippen LogP contribution in [0.15, 0.2) is 0 Å². The van der Waals surface area contributed by atoms with E-state index < -0.39 is 0 Å². The summed E-state index contributed by atoms with van der Waals surface area (Å²) in [5.41, 5.74) is 0.243. The Hall–Kier alpha value is -0.0800. The van der Waals surface area contributed by atoms with E-state index in [0.29, 0.717) is 12.0 Å². The molecule has 0 saturated carbocycles. The molecule has 0 bridgehead atoms. The Labute approximate surface area is 147 Å². The van der Waals surface area contributed by atoms with Gasteiger partial charge < -0.3 is 9.64 Å². The van der Waals surface area contributed by atoms with E-state index in [0.717, 1.165) is 18.4 Å². The van der Waals surface area contributed by atoms with Crippen molar-refractivity contribution in [2.24, 2.45) is 23.2 Å². The molecule has 2 heteroatoms. The number of hydrogen-bond donors (Lipinski definition) is 0. The Bertz CT molecular complexity index is 284. The first-order valence-electron chi connectivity index (χ1n) is 9.84. The van der Waals surface area contributed by atoms with Crippen LogP contribution >= 0.6 is 0 Å². The summed E-state index contributed by atoms with van der Waals surface area (Å²) in [6.07, 6.45) is 5.21. The molecule has 0 aliphatic carbocycles. The Morgan fingerprint density at radius 3 is 1.87 bits per heavy atom. The zero-order valence-corrected chi connectivity index (χ0v) is 17.6. The van der Waals surface area contributed by atoms with Crippen LogP contribution in [-0.2, 0) is 4.74 Å². The molecule has 140 valence electrons. The summed E-state index contributed by atoms with van der Waals surface area (Å²) in [5, 5.41) is 0. The first-order chi connectivity index (χ1) is 10.5. The summed E-state index contributed by atoms with van der Waals surface area (Å²) in [6, 6.07) is 0. The second-order valence-corrected chi connectivity index (χ2v) is 9.40. The number of rotatable bonds is 13. The molecule has 0 spiro atoms. The van der Waals surface area contributed by atoms with Gasteiger partial charge in [-0.1, -0.05) is 55.4 Å². The van der Waals surface area contributed by atoms with Gasteiger partial charge in [0.1, 0.15) is 0 Å². The highest BCUT2D eigenvalue weighted by atomic mass is 16.5. The number of hydrogen-bond acceptors (Lipinski definition) is 2. The van der Waals surface area contributed by atoms with Crippen molar-refractivity contribution in [2.45, 2.75) is 87.2 Å². The van der Waals surface area contributed by atoms with Crippen LogP contribution < -0.4 is 0 Å². The minimum absolute atomic E-state index is 0.243. The van der Waals surface area contributed by atoms with E-state index in [1.807, 2.05) is 0 Å². The molecule has 0 amide bonds. The fraction of sp³-hybridized carbons (Fsp3) is 1.00. The third kappa shape index (κ3) is 12.0. The van der Waals surface area contributed by atoms with E-state index in [1.54, 1.807) is 0 Å². The molecule has 0 saturated heterocycles. The molecule has 0 aromatic heterocycles. The smallest absolute Gasteiger partial charge is 0.0628 e. The molecule has 0 radical (unpaired) electrons. The average molecular weight is 328 g/mol. The molecule has 0 aliphatic heterocycles. The second kappa shape index (κ2) is 11.5. The molecule has 0 aromatic carbocycles. The lowest BCUT2D eigenvalue weighted by atomic mass is 9.79. The van der Waals surface area contributed by atoms with Gasteiger partial charge >= 0.3 is 0 Å². The maximum atomic E-state index is 6.34. The Kier molecular flexibility index (Phi) is 11.4. The van der Waals surface area contributed by atoms with Gasteiger partial charge in [0.2, 0.25) is 0 Å².